The molecule has 0 aliphatic carbocycles. The Kier molecular flexibility index (Phi) is 4.98. The van der Waals surface area contributed by atoms with E-state index in [0.717, 1.165) is 39.1 Å². The minimum Gasteiger partial charge on any atom is -0.384 e. The lowest BCUT2D eigenvalue weighted by Gasteiger charge is -2.33. The Hall–Kier alpha value is -1.98. The number of aryl methyl sites for hydroxylation is 1. The maximum atomic E-state index is 5.89. The fraction of sp³-hybridized carbons (Fsp3) is 0.412. The summed E-state index contributed by atoms with van der Waals surface area (Å²) < 4.78 is 5.89. The van der Waals surface area contributed by atoms with E-state index in [0.29, 0.717) is 5.82 Å². The van der Waals surface area contributed by atoms with Crippen LogP contribution in [-0.2, 0) is 17.7 Å². The van der Waals surface area contributed by atoms with E-state index in [1.165, 1.54) is 11.1 Å². The van der Waals surface area contributed by atoms with Crippen LogP contribution in [0.25, 0.3) is 0 Å². The highest BCUT2D eigenvalue weighted by Crippen LogP contribution is 2.15. The van der Waals surface area contributed by atoms with Gasteiger partial charge in [0.2, 0.25) is 0 Å². The minimum absolute atomic E-state index is 0.278. The molecule has 3 heterocycles. The van der Waals surface area contributed by atoms with Crippen LogP contribution in [0.4, 0.5) is 5.82 Å². The fourth-order valence-corrected chi connectivity index (χ4v) is 2.83. The van der Waals surface area contributed by atoms with Crippen LogP contribution in [0.2, 0.25) is 0 Å². The molecule has 1 saturated heterocycles. The number of aromatic nitrogens is 2. The van der Waals surface area contributed by atoms with E-state index in [9.17, 15) is 0 Å². The summed E-state index contributed by atoms with van der Waals surface area (Å²) in [5.41, 5.74) is 8.20. The summed E-state index contributed by atoms with van der Waals surface area (Å²) in [5.74, 6) is 0.584. The molecular formula is C17H22N4O. The molecule has 2 aromatic rings. The number of pyridine rings is 2. The lowest BCUT2D eigenvalue weighted by atomic mass is 10.1. The van der Waals surface area contributed by atoms with E-state index in [2.05, 4.69) is 20.9 Å². The van der Waals surface area contributed by atoms with Crippen molar-refractivity contribution in [2.45, 2.75) is 25.5 Å². The molecule has 0 spiro atoms. The van der Waals surface area contributed by atoms with Gasteiger partial charge in [-0.15, -0.1) is 0 Å². The summed E-state index contributed by atoms with van der Waals surface area (Å²) in [5, 5.41) is 0. The number of nitrogen functional groups attached to an aromatic ring is 1. The third-order valence-corrected chi connectivity index (χ3v) is 3.95. The van der Waals surface area contributed by atoms with E-state index in [1.54, 1.807) is 6.20 Å². The molecule has 2 N–H and O–H groups in total. The Balaban J connectivity index is 1.50. The third-order valence-electron chi connectivity index (χ3n) is 3.95. The second-order valence-corrected chi connectivity index (χ2v) is 5.72. The van der Waals surface area contributed by atoms with Gasteiger partial charge in [0.15, 0.2) is 0 Å². The molecule has 116 valence electrons. The average molecular weight is 298 g/mol. The third kappa shape index (κ3) is 4.26. The largest absolute Gasteiger partial charge is 0.384 e. The van der Waals surface area contributed by atoms with Crippen LogP contribution < -0.4 is 5.73 Å². The van der Waals surface area contributed by atoms with Gasteiger partial charge in [-0.2, -0.15) is 0 Å². The van der Waals surface area contributed by atoms with Crippen molar-refractivity contribution in [3.63, 3.8) is 0 Å². The van der Waals surface area contributed by atoms with E-state index in [4.69, 9.17) is 10.5 Å². The molecular weight excluding hydrogens is 276 g/mol. The van der Waals surface area contributed by atoms with Crippen molar-refractivity contribution in [3.05, 3.63) is 54.0 Å². The monoisotopic (exact) mass is 298 g/mol. The van der Waals surface area contributed by atoms with Crippen molar-refractivity contribution in [3.8, 4) is 0 Å². The van der Waals surface area contributed by atoms with Crippen molar-refractivity contribution in [2.75, 3.05) is 25.4 Å². The molecule has 5 nitrogen and oxygen atoms in total. The lowest BCUT2D eigenvalue weighted by molar-refractivity contribution is -0.0346. The van der Waals surface area contributed by atoms with Crippen LogP contribution in [0.1, 0.15) is 17.5 Å². The average Bonchev–Trinajstić information content (AvgIpc) is 2.54. The van der Waals surface area contributed by atoms with Crippen molar-refractivity contribution >= 4 is 5.82 Å². The Morgan fingerprint density at radius 3 is 3.05 bits per heavy atom. The first kappa shape index (κ1) is 14.9. The maximum Gasteiger partial charge on any atom is 0.123 e. The number of ether oxygens (including phenoxy) is 1. The van der Waals surface area contributed by atoms with E-state index in [-0.39, 0.29) is 6.10 Å². The molecule has 0 bridgehead atoms. The standard InChI is InChI=1S/C17H22N4O/c18-17-10-14(5-7-20-17)3-4-16-13-21(8-9-22-16)12-15-2-1-6-19-11-15/h1-2,5-7,10-11,16H,3-4,8-9,12-13H2,(H2,18,20). The summed E-state index contributed by atoms with van der Waals surface area (Å²) >= 11 is 0. The van der Waals surface area contributed by atoms with Gasteiger partial charge in [-0.3, -0.25) is 9.88 Å². The Morgan fingerprint density at radius 1 is 1.27 bits per heavy atom. The predicted octanol–water partition coefficient (Wildman–Crippen LogP) is 1.89. The van der Waals surface area contributed by atoms with Crippen LogP contribution in [-0.4, -0.2) is 40.7 Å². The zero-order valence-electron chi connectivity index (χ0n) is 12.7. The van der Waals surface area contributed by atoms with Gasteiger partial charge >= 0.3 is 0 Å². The Bertz CT molecular complexity index is 590. The molecule has 1 aliphatic rings. The topological polar surface area (TPSA) is 64.3 Å². The normalized spacial score (nSPS) is 19.2. The number of nitrogens with zero attached hydrogens (tertiary/aromatic N) is 3. The highest BCUT2D eigenvalue weighted by atomic mass is 16.5. The molecule has 0 aromatic carbocycles. The Morgan fingerprint density at radius 2 is 2.23 bits per heavy atom. The van der Waals surface area contributed by atoms with Gasteiger partial charge in [0.05, 0.1) is 12.7 Å². The summed E-state index contributed by atoms with van der Waals surface area (Å²) in [7, 11) is 0. The zero-order chi connectivity index (χ0) is 15.2. The molecule has 1 aliphatic heterocycles. The zero-order valence-corrected chi connectivity index (χ0v) is 12.7. The van der Waals surface area contributed by atoms with Gasteiger partial charge in [0.1, 0.15) is 5.82 Å². The smallest absolute Gasteiger partial charge is 0.123 e. The first-order chi connectivity index (χ1) is 10.8. The van der Waals surface area contributed by atoms with Crippen LogP contribution in [0.3, 0.4) is 0 Å². The number of rotatable bonds is 5. The molecule has 0 radical (unpaired) electrons. The quantitative estimate of drug-likeness (QED) is 0.913. The van der Waals surface area contributed by atoms with Gasteiger partial charge in [-0.25, -0.2) is 4.98 Å². The van der Waals surface area contributed by atoms with E-state index in [1.807, 2.05) is 30.6 Å². The molecule has 1 atom stereocenters. The van der Waals surface area contributed by atoms with Crippen LogP contribution in [0.5, 0.6) is 0 Å². The molecule has 3 rings (SSSR count). The minimum atomic E-state index is 0.278. The molecule has 0 saturated carbocycles. The highest BCUT2D eigenvalue weighted by Gasteiger charge is 2.20. The number of hydrogen-bond acceptors (Lipinski definition) is 5. The summed E-state index contributed by atoms with van der Waals surface area (Å²) in [4.78, 5) is 10.6. The predicted molar refractivity (Wildman–Crippen MR) is 86.2 cm³/mol. The molecule has 5 heteroatoms. The van der Waals surface area contributed by atoms with Crippen LogP contribution in [0.15, 0.2) is 42.9 Å². The number of hydrogen-bond donors (Lipinski definition) is 1. The Labute approximate surface area is 131 Å². The summed E-state index contributed by atoms with van der Waals surface area (Å²) in [6.45, 7) is 3.68. The molecule has 22 heavy (non-hydrogen) atoms. The van der Waals surface area contributed by atoms with Gasteiger partial charge in [0.25, 0.3) is 0 Å². The van der Waals surface area contributed by atoms with Crippen LogP contribution >= 0.6 is 0 Å². The van der Waals surface area contributed by atoms with Crippen molar-refractivity contribution < 1.29 is 4.74 Å². The first-order valence-electron chi connectivity index (χ1n) is 7.73. The summed E-state index contributed by atoms with van der Waals surface area (Å²) in [6, 6.07) is 8.07. The van der Waals surface area contributed by atoms with Crippen molar-refractivity contribution in [2.24, 2.45) is 0 Å². The molecule has 1 unspecified atom stereocenters. The molecule has 2 aromatic heterocycles. The van der Waals surface area contributed by atoms with Gasteiger partial charge < -0.3 is 10.5 Å². The van der Waals surface area contributed by atoms with E-state index < -0.39 is 0 Å². The molecule has 0 amide bonds. The number of nitrogens with two attached hydrogens (primary N) is 1. The fourth-order valence-electron chi connectivity index (χ4n) is 2.83. The van der Waals surface area contributed by atoms with Crippen molar-refractivity contribution in [1.82, 2.24) is 14.9 Å². The number of morpholine rings is 1. The van der Waals surface area contributed by atoms with Crippen LogP contribution in [0, 0.1) is 0 Å². The van der Waals surface area contributed by atoms with E-state index >= 15 is 0 Å². The SMILES string of the molecule is Nc1cc(CCC2CN(Cc3cccnc3)CCO2)ccn1. The highest BCUT2D eigenvalue weighted by molar-refractivity contribution is 5.31. The van der Waals surface area contributed by atoms with Gasteiger partial charge in [-0.1, -0.05) is 6.07 Å². The number of anilines is 1. The van der Waals surface area contributed by atoms with Gasteiger partial charge in [0, 0.05) is 38.2 Å². The second-order valence-electron chi connectivity index (χ2n) is 5.72. The van der Waals surface area contributed by atoms with Crippen molar-refractivity contribution in [1.29, 1.82) is 0 Å². The van der Waals surface area contributed by atoms with Gasteiger partial charge in [-0.05, 0) is 42.2 Å². The maximum absolute atomic E-state index is 5.89. The lowest BCUT2D eigenvalue weighted by Crippen LogP contribution is -2.42. The first-order valence-corrected chi connectivity index (χ1v) is 7.73. The second kappa shape index (κ2) is 7.33. The molecule has 1 fully saturated rings. The summed E-state index contributed by atoms with van der Waals surface area (Å²) in [6.07, 6.45) is 7.77.